The van der Waals surface area contributed by atoms with Crippen LogP contribution in [0.15, 0.2) is 17.2 Å². The van der Waals surface area contributed by atoms with E-state index in [-0.39, 0.29) is 0 Å². The van der Waals surface area contributed by atoms with E-state index in [0.717, 1.165) is 18.9 Å². The van der Waals surface area contributed by atoms with Crippen LogP contribution in [-0.4, -0.2) is 23.8 Å². The first-order valence-electron chi connectivity index (χ1n) is 6.64. The maximum absolute atomic E-state index is 6.15. The SMILES string of the molecule is CCN(CC)/C(=N/Nc1ccc(Cl)c(Cl)c1Cl)C(C)C. The molecule has 0 saturated carbocycles. The Morgan fingerprint density at radius 1 is 1.15 bits per heavy atom. The van der Waals surface area contributed by atoms with Crippen molar-refractivity contribution in [1.29, 1.82) is 0 Å². The lowest BCUT2D eigenvalue weighted by atomic mass is 10.2. The molecule has 3 nitrogen and oxygen atoms in total. The maximum Gasteiger partial charge on any atom is 0.127 e. The van der Waals surface area contributed by atoms with Gasteiger partial charge in [0.2, 0.25) is 0 Å². The van der Waals surface area contributed by atoms with Crippen molar-refractivity contribution in [2.45, 2.75) is 27.7 Å². The van der Waals surface area contributed by atoms with Gasteiger partial charge in [-0.2, -0.15) is 5.10 Å². The number of nitrogens with zero attached hydrogens (tertiary/aromatic N) is 2. The zero-order chi connectivity index (χ0) is 15.3. The summed E-state index contributed by atoms with van der Waals surface area (Å²) in [5, 5.41) is 5.62. The fraction of sp³-hybridized carbons (Fsp3) is 0.500. The van der Waals surface area contributed by atoms with Crippen LogP contribution in [0.2, 0.25) is 15.1 Å². The second-order valence-electron chi connectivity index (χ2n) is 4.63. The Kier molecular flexibility index (Phi) is 6.93. The summed E-state index contributed by atoms with van der Waals surface area (Å²) in [6.07, 6.45) is 0. The van der Waals surface area contributed by atoms with Crippen LogP contribution >= 0.6 is 34.8 Å². The lowest BCUT2D eigenvalue weighted by Crippen LogP contribution is -2.34. The molecule has 0 fully saturated rings. The molecule has 6 heteroatoms. The number of hydrazone groups is 1. The summed E-state index contributed by atoms with van der Waals surface area (Å²) in [5.74, 6) is 1.29. The highest BCUT2D eigenvalue weighted by Crippen LogP contribution is 2.35. The van der Waals surface area contributed by atoms with Gasteiger partial charge in [-0.05, 0) is 26.0 Å². The predicted molar refractivity (Wildman–Crippen MR) is 90.3 cm³/mol. The fourth-order valence-electron chi connectivity index (χ4n) is 1.84. The van der Waals surface area contributed by atoms with Crippen LogP contribution in [0.5, 0.6) is 0 Å². The highest BCUT2D eigenvalue weighted by molar-refractivity contribution is 6.49. The Labute approximate surface area is 135 Å². The Morgan fingerprint density at radius 3 is 2.25 bits per heavy atom. The lowest BCUT2D eigenvalue weighted by molar-refractivity contribution is 0.440. The molecule has 0 saturated heterocycles. The molecule has 1 aromatic carbocycles. The van der Waals surface area contributed by atoms with Crippen molar-refractivity contribution >= 4 is 46.3 Å². The first-order valence-corrected chi connectivity index (χ1v) is 7.77. The van der Waals surface area contributed by atoms with Gasteiger partial charge in [-0.1, -0.05) is 48.7 Å². The Balaban J connectivity index is 3.01. The molecule has 0 atom stereocenters. The van der Waals surface area contributed by atoms with Gasteiger partial charge in [-0.25, -0.2) is 0 Å². The number of amidine groups is 1. The second kappa shape index (κ2) is 7.96. The molecule has 0 unspecified atom stereocenters. The van der Waals surface area contributed by atoms with E-state index in [1.807, 2.05) is 0 Å². The van der Waals surface area contributed by atoms with Gasteiger partial charge in [-0.15, -0.1) is 0 Å². The molecule has 0 heterocycles. The normalized spacial score (nSPS) is 11.9. The van der Waals surface area contributed by atoms with Gasteiger partial charge in [0.05, 0.1) is 20.8 Å². The van der Waals surface area contributed by atoms with E-state index in [9.17, 15) is 0 Å². The molecule has 0 spiro atoms. The summed E-state index contributed by atoms with van der Waals surface area (Å²) in [7, 11) is 0. The second-order valence-corrected chi connectivity index (χ2v) is 5.79. The number of hydrogen-bond donors (Lipinski definition) is 1. The van der Waals surface area contributed by atoms with Crippen LogP contribution < -0.4 is 5.43 Å². The summed E-state index contributed by atoms with van der Waals surface area (Å²) in [4.78, 5) is 2.20. The Morgan fingerprint density at radius 2 is 1.75 bits per heavy atom. The third-order valence-electron chi connectivity index (χ3n) is 2.93. The third-order valence-corrected chi connectivity index (χ3v) is 4.22. The quantitative estimate of drug-likeness (QED) is 0.339. The predicted octanol–water partition coefficient (Wildman–Crippen LogP) is 5.37. The minimum absolute atomic E-state index is 0.309. The van der Waals surface area contributed by atoms with E-state index in [1.54, 1.807) is 12.1 Å². The van der Waals surface area contributed by atoms with E-state index in [2.05, 4.69) is 43.1 Å². The summed E-state index contributed by atoms with van der Waals surface area (Å²) < 4.78 is 0. The molecular formula is C14H20Cl3N3. The van der Waals surface area contributed by atoms with Gasteiger partial charge in [0.25, 0.3) is 0 Å². The molecule has 20 heavy (non-hydrogen) atoms. The van der Waals surface area contributed by atoms with Gasteiger partial charge >= 0.3 is 0 Å². The highest BCUT2D eigenvalue weighted by Gasteiger charge is 2.13. The summed E-state index contributed by atoms with van der Waals surface area (Å²) in [6.45, 7) is 10.2. The lowest BCUT2D eigenvalue weighted by Gasteiger charge is -2.25. The maximum atomic E-state index is 6.15. The van der Waals surface area contributed by atoms with Crippen molar-refractivity contribution in [2.24, 2.45) is 11.0 Å². The van der Waals surface area contributed by atoms with Crippen molar-refractivity contribution in [3.8, 4) is 0 Å². The van der Waals surface area contributed by atoms with Crippen molar-refractivity contribution in [1.82, 2.24) is 4.90 Å². The zero-order valence-corrected chi connectivity index (χ0v) is 14.4. The van der Waals surface area contributed by atoms with E-state index < -0.39 is 0 Å². The molecule has 0 aliphatic heterocycles. The van der Waals surface area contributed by atoms with Crippen molar-refractivity contribution in [3.05, 3.63) is 27.2 Å². The number of anilines is 1. The Hall–Kier alpha value is -0.640. The molecule has 112 valence electrons. The van der Waals surface area contributed by atoms with Crippen LogP contribution in [0, 0.1) is 5.92 Å². The van der Waals surface area contributed by atoms with E-state index in [4.69, 9.17) is 34.8 Å². The van der Waals surface area contributed by atoms with E-state index in [1.165, 1.54) is 0 Å². The van der Waals surface area contributed by atoms with Gasteiger partial charge in [0.15, 0.2) is 0 Å². The number of nitrogens with one attached hydrogen (secondary N) is 1. The number of benzene rings is 1. The number of rotatable bonds is 5. The van der Waals surface area contributed by atoms with Crippen LogP contribution in [-0.2, 0) is 0 Å². The monoisotopic (exact) mass is 335 g/mol. The van der Waals surface area contributed by atoms with E-state index in [0.29, 0.717) is 26.7 Å². The first kappa shape index (κ1) is 17.4. The number of hydrogen-bond acceptors (Lipinski definition) is 2. The molecule has 0 aliphatic rings. The van der Waals surface area contributed by atoms with Gasteiger partial charge in [0.1, 0.15) is 5.84 Å². The molecule has 0 bridgehead atoms. The summed E-state index contributed by atoms with van der Waals surface area (Å²) in [6, 6.07) is 3.46. The topological polar surface area (TPSA) is 27.6 Å². The largest absolute Gasteiger partial charge is 0.359 e. The first-order chi connectivity index (χ1) is 9.42. The average molecular weight is 337 g/mol. The smallest absolute Gasteiger partial charge is 0.127 e. The van der Waals surface area contributed by atoms with Crippen molar-refractivity contribution < 1.29 is 0 Å². The van der Waals surface area contributed by atoms with Crippen LogP contribution in [0.1, 0.15) is 27.7 Å². The molecule has 1 aromatic rings. The van der Waals surface area contributed by atoms with Crippen LogP contribution in [0.4, 0.5) is 5.69 Å². The van der Waals surface area contributed by atoms with Crippen molar-refractivity contribution in [3.63, 3.8) is 0 Å². The number of halogens is 3. The summed E-state index contributed by atoms with van der Waals surface area (Å²) >= 11 is 18.1. The molecule has 1 N–H and O–H groups in total. The third kappa shape index (κ3) is 4.18. The fourth-order valence-corrected chi connectivity index (χ4v) is 2.42. The minimum atomic E-state index is 0.309. The van der Waals surface area contributed by atoms with Crippen LogP contribution in [0.3, 0.4) is 0 Å². The van der Waals surface area contributed by atoms with Gasteiger partial charge in [-0.3, -0.25) is 5.43 Å². The van der Waals surface area contributed by atoms with E-state index >= 15 is 0 Å². The molecule has 0 aliphatic carbocycles. The molecule has 0 aromatic heterocycles. The summed E-state index contributed by atoms with van der Waals surface area (Å²) in [5.41, 5.74) is 3.63. The minimum Gasteiger partial charge on any atom is -0.359 e. The molecule has 0 amide bonds. The highest BCUT2D eigenvalue weighted by atomic mass is 35.5. The standard InChI is InChI=1S/C14H20Cl3N3/c1-5-20(6-2)14(9(3)4)19-18-11-8-7-10(15)12(16)13(11)17/h7-9,18H,5-6H2,1-4H3/b19-14+. The molecular weight excluding hydrogens is 317 g/mol. The zero-order valence-electron chi connectivity index (χ0n) is 12.2. The molecule has 1 rings (SSSR count). The van der Waals surface area contributed by atoms with Gasteiger partial charge < -0.3 is 4.90 Å². The van der Waals surface area contributed by atoms with Crippen molar-refractivity contribution in [2.75, 3.05) is 18.5 Å². The van der Waals surface area contributed by atoms with Gasteiger partial charge in [0, 0.05) is 19.0 Å². The Bertz CT molecular complexity index is 483. The molecule has 0 radical (unpaired) electrons. The van der Waals surface area contributed by atoms with Crippen LogP contribution in [0.25, 0.3) is 0 Å². The average Bonchev–Trinajstić information content (AvgIpc) is 2.42.